The summed E-state index contributed by atoms with van der Waals surface area (Å²) in [6.07, 6.45) is 5.70. The summed E-state index contributed by atoms with van der Waals surface area (Å²) in [5.41, 5.74) is 9.54. The topological polar surface area (TPSA) is 51.8 Å². The van der Waals surface area contributed by atoms with Crippen LogP contribution in [0.3, 0.4) is 0 Å². The molecule has 0 radical (unpaired) electrons. The van der Waals surface area contributed by atoms with Crippen molar-refractivity contribution in [3.05, 3.63) is 22.8 Å². The van der Waals surface area contributed by atoms with Gasteiger partial charge in [-0.1, -0.05) is 13.8 Å². The molecule has 0 aromatic carbocycles. The Morgan fingerprint density at radius 1 is 1.19 bits per heavy atom. The zero-order valence-electron chi connectivity index (χ0n) is 10.3. The molecule has 1 heterocycles. The Labute approximate surface area is 97.5 Å². The maximum Gasteiger partial charge on any atom is 0.131 e. The van der Waals surface area contributed by atoms with Crippen molar-refractivity contribution < 1.29 is 0 Å². The number of aryl methyl sites for hydroxylation is 1. The molecule has 0 spiro atoms. The van der Waals surface area contributed by atoms with E-state index >= 15 is 0 Å². The third-order valence-corrected chi connectivity index (χ3v) is 3.18. The predicted octanol–water partition coefficient (Wildman–Crippen LogP) is 1.98. The van der Waals surface area contributed by atoms with Gasteiger partial charge in [0.2, 0.25) is 0 Å². The van der Waals surface area contributed by atoms with Crippen LogP contribution in [0.15, 0.2) is 0 Å². The molecule has 0 saturated heterocycles. The second-order valence-electron chi connectivity index (χ2n) is 4.85. The first-order valence-corrected chi connectivity index (χ1v) is 6.31. The molecule has 2 rings (SSSR count). The fourth-order valence-corrected chi connectivity index (χ4v) is 2.29. The summed E-state index contributed by atoms with van der Waals surface area (Å²) in [5, 5.41) is 0. The van der Waals surface area contributed by atoms with Gasteiger partial charge >= 0.3 is 0 Å². The molecule has 0 unspecified atom stereocenters. The van der Waals surface area contributed by atoms with Crippen molar-refractivity contribution in [3.8, 4) is 0 Å². The summed E-state index contributed by atoms with van der Waals surface area (Å²) in [4.78, 5) is 9.39. The zero-order valence-corrected chi connectivity index (χ0v) is 10.3. The third kappa shape index (κ3) is 2.24. The number of aromatic nitrogens is 2. The van der Waals surface area contributed by atoms with E-state index in [1.165, 1.54) is 29.8 Å². The van der Waals surface area contributed by atoms with Gasteiger partial charge in [-0.05, 0) is 37.8 Å². The monoisotopic (exact) mass is 219 g/mol. The van der Waals surface area contributed by atoms with Crippen molar-refractivity contribution in [1.29, 1.82) is 0 Å². The van der Waals surface area contributed by atoms with E-state index in [0.29, 0.717) is 12.5 Å². The fraction of sp³-hybridized carbons (Fsp3) is 0.692. The lowest BCUT2D eigenvalue weighted by molar-refractivity contribution is 0.629. The van der Waals surface area contributed by atoms with Crippen LogP contribution in [0.4, 0.5) is 0 Å². The summed E-state index contributed by atoms with van der Waals surface area (Å²) >= 11 is 0. The Morgan fingerprint density at radius 2 is 1.94 bits per heavy atom. The first kappa shape index (κ1) is 11.5. The van der Waals surface area contributed by atoms with Gasteiger partial charge in [0, 0.05) is 23.7 Å². The average Bonchev–Trinajstić information content (AvgIpc) is 2.29. The highest BCUT2D eigenvalue weighted by Crippen LogP contribution is 2.24. The summed E-state index contributed by atoms with van der Waals surface area (Å²) in [6, 6.07) is 0. The Kier molecular flexibility index (Phi) is 3.54. The highest BCUT2D eigenvalue weighted by molar-refractivity contribution is 5.29. The van der Waals surface area contributed by atoms with Crippen LogP contribution in [-0.4, -0.2) is 16.5 Å². The lowest BCUT2D eigenvalue weighted by atomic mass is 9.93. The largest absolute Gasteiger partial charge is 0.330 e. The number of rotatable bonds is 3. The van der Waals surface area contributed by atoms with Gasteiger partial charge in [-0.3, -0.25) is 0 Å². The molecule has 1 aromatic heterocycles. The lowest BCUT2D eigenvalue weighted by Gasteiger charge is -2.19. The highest BCUT2D eigenvalue weighted by Gasteiger charge is 2.18. The van der Waals surface area contributed by atoms with E-state index in [-0.39, 0.29) is 0 Å². The van der Waals surface area contributed by atoms with Gasteiger partial charge in [0.15, 0.2) is 0 Å². The molecule has 0 fully saturated rings. The Hall–Kier alpha value is -0.960. The maximum atomic E-state index is 5.66. The van der Waals surface area contributed by atoms with E-state index in [1.54, 1.807) is 0 Å². The number of hydrogen-bond donors (Lipinski definition) is 1. The fourth-order valence-electron chi connectivity index (χ4n) is 2.29. The molecule has 0 saturated carbocycles. The number of nitrogens with zero attached hydrogens (tertiary/aromatic N) is 2. The molecule has 0 aliphatic heterocycles. The predicted molar refractivity (Wildman–Crippen MR) is 65.5 cm³/mol. The molecule has 2 N–H and O–H groups in total. The van der Waals surface area contributed by atoms with Gasteiger partial charge in [0.1, 0.15) is 5.82 Å². The van der Waals surface area contributed by atoms with Gasteiger partial charge in [-0.15, -0.1) is 0 Å². The minimum Gasteiger partial charge on any atom is -0.330 e. The molecule has 88 valence electrons. The third-order valence-electron chi connectivity index (χ3n) is 3.18. The summed E-state index contributed by atoms with van der Waals surface area (Å²) in [7, 11) is 0. The second kappa shape index (κ2) is 4.91. The summed E-state index contributed by atoms with van der Waals surface area (Å²) in [5.74, 6) is 1.40. The van der Waals surface area contributed by atoms with E-state index in [0.717, 1.165) is 25.1 Å². The van der Waals surface area contributed by atoms with Gasteiger partial charge in [-0.2, -0.15) is 0 Å². The number of nitrogens with two attached hydrogens (primary N) is 1. The van der Waals surface area contributed by atoms with Crippen molar-refractivity contribution in [2.75, 3.05) is 6.54 Å². The smallest absolute Gasteiger partial charge is 0.131 e. The normalized spacial score (nSPS) is 15.2. The van der Waals surface area contributed by atoms with Gasteiger partial charge in [0.25, 0.3) is 0 Å². The van der Waals surface area contributed by atoms with E-state index in [2.05, 4.69) is 18.8 Å². The number of fused-ring (bicyclic) bond motifs is 1. The van der Waals surface area contributed by atoms with Crippen molar-refractivity contribution in [1.82, 2.24) is 9.97 Å². The van der Waals surface area contributed by atoms with Crippen LogP contribution >= 0.6 is 0 Å². The Balaban J connectivity index is 2.43. The molecule has 3 heteroatoms. The zero-order chi connectivity index (χ0) is 11.5. The van der Waals surface area contributed by atoms with E-state index < -0.39 is 0 Å². The SMILES string of the molecule is CC(C)c1nc(CCN)c2c(n1)CCCC2. The molecule has 3 nitrogen and oxygen atoms in total. The van der Waals surface area contributed by atoms with Gasteiger partial charge < -0.3 is 5.73 Å². The quantitative estimate of drug-likeness (QED) is 0.845. The van der Waals surface area contributed by atoms with Crippen LogP contribution in [-0.2, 0) is 19.3 Å². The van der Waals surface area contributed by atoms with Crippen molar-refractivity contribution in [2.24, 2.45) is 5.73 Å². The van der Waals surface area contributed by atoms with Crippen LogP contribution in [0.2, 0.25) is 0 Å². The van der Waals surface area contributed by atoms with Crippen molar-refractivity contribution >= 4 is 0 Å². The van der Waals surface area contributed by atoms with Crippen LogP contribution < -0.4 is 5.73 Å². The molecule has 0 atom stereocenters. The van der Waals surface area contributed by atoms with E-state index in [1.807, 2.05) is 0 Å². The number of hydrogen-bond acceptors (Lipinski definition) is 3. The molecule has 1 aromatic rings. The maximum absolute atomic E-state index is 5.66. The first-order valence-electron chi connectivity index (χ1n) is 6.31. The minimum absolute atomic E-state index is 0.406. The van der Waals surface area contributed by atoms with Crippen LogP contribution in [0.5, 0.6) is 0 Å². The average molecular weight is 219 g/mol. The van der Waals surface area contributed by atoms with E-state index in [9.17, 15) is 0 Å². The van der Waals surface area contributed by atoms with Crippen LogP contribution in [0.1, 0.15) is 55.4 Å². The molecular weight excluding hydrogens is 198 g/mol. The first-order chi connectivity index (χ1) is 7.72. The molecule has 1 aliphatic rings. The Bertz CT molecular complexity index is 372. The second-order valence-corrected chi connectivity index (χ2v) is 4.85. The van der Waals surface area contributed by atoms with Gasteiger partial charge in [0.05, 0.1) is 0 Å². The highest BCUT2D eigenvalue weighted by atomic mass is 14.9. The molecule has 0 bridgehead atoms. The lowest BCUT2D eigenvalue weighted by Crippen LogP contribution is -2.17. The minimum atomic E-state index is 0.406. The molecule has 0 amide bonds. The van der Waals surface area contributed by atoms with E-state index in [4.69, 9.17) is 10.7 Å². The Morgan fingerprint density at radius 3 is 2.62 bits per heavy atom. The van der Waals surface area contributed by atoms with Crippen LogP contribution in [0.25, 0.3) is 0 Å². The summed E-state index contributed by atoms with van der Waals surface area (Å²) in [6.45, 7) is 4.98. The standard InChI is InChI=1S/C13H21N3/c1-9(2)13-15-11-6-4-3-5-10(11)12(16-13)7-8-14/h9H,3-8,14H2,1-2H3. The van der Waals surface area contributed by atoms with Gasteiger partial charge in [-0.25, -0.2) is 9.97 Å². The molecular formula is C13H21N3. The van der Waals surface area contributed by atoms with Crippen LogP contribution in [0, 0.1) is 0 Å². The molecule has 1 aliphatic carbocycles. The van der Waals surface area contributed by atoms with Crippen molar-refractivity contribution in [2.45, 2.75) is 51.9 Å². The van der Waals surface area contributed by atoms with Crippen molar-refractivity contribution in [3.63, 3.8) is 0 Å². The molecule has 16 heavy (non-hydrogen) atoms. The summed E-state index contributed by atoms with van der Waals surface area (Å²) < 4.78 is 0.